The number of esters is 1. The first-order chi connectivity index (χ1) is 18.2. The van der Waals surface area contributed by atoms with E-state index in [4.69, 9.17) is 0 Å². The van der Waals surface area contributed by atoms with Gasteiger partial charge in [0, 0.05) is 18.7 Å². The van der Waals surface area contributed by atoms with Gasteiger partial charge in [-0.3, -0.25) is 4.79 Å². The van der Waals surface area contributed by atoms with E-state index in [1.165, 1.54) is 36.1 Å². The molecule has 0 saturated heterocycles. The maximum atomic E-state index is 14.7. The molecule has 14 heteroatoms. The Balaban J connectivity index is 1.66. The van der Waals surface area contributed by atoms with Gasteiger partial charge in [-0.1, -0.05) is 18.2 Å². The number of carbonyl (C=O) groups excluding carboxylic acids is 2. The fraction of sp³-hybridized carbons (Fsp3) is 0.320. The Hall–Kier alpha value is -4.10. The van der Waals surface area contributed by atoms with Crippen LogP contribution in [-0.4, -0.2) is 35.3 Å². The summed E-state index contributed by atoms with van der Waals surface area (Å²) in [4.78, 5) is 26.1. The van der Waals surface area contributed by atoms with E-state index >= 15 is 0 Å². The Morgan fingerprint density at radius 2 is 1.77 bits per heavy atom. The lowest BCUT2D eigenvalue weighted by Gasteiger charge is -2.21. The highest BCUT2D eigenvalue weighted by Gasteiger charge is 2.44. The Kier molecular flexibility index (Phi) is 7.32. The SMILES string of the molecule is COC(=O)c1ccc(C(C)NC(=O)c2c(C(F)(F)F)nn3c2N(Cc2cccc(C(F)(F)F)c2)CC3)c(F)c1. The van der Waals surface area contributed by atoms with Gasteiger partial charge in [-0.2, -0.15) is 31.4 Å². The van der Waals surface area contributed by atoms with Gasteiger partial charge >= 0.3 is 18.3 Å². The third kappa shape index (κ3) is 5.68. The normalized spacial score (nSPS) is 14.2. The quantitative estimate of drug-likeness (QED) is 0.326. The minimum absolute atomic E-state index is 0.0379. The molecule has 1 atom stereocenters. The topological polar surface area (TPSA) is 76.5 Å². The number of carbonyl (C=O) groups is 2. The lowest BCUT2D eigenvalue weighted by atomic mass is 10.0. The number of anilines is 1. The lowest BCUT2D eigenvalue weighted by Crippen LogP contribution is -2.31. The third-order valence-corrected chi connectivity index (χ3v) is 6.17. The highest BCUT2D eigenvalue weighted by Crippen LogP contribution is 2.39. The zero-order valence-electron chi connectivity index (χ0n) is 20.5. The maximum Gasteiger partial charge on any atom is 0.436 e. The Morgan fingerprint density at radius 1 is 1.05 bits per heavy atom. The number of nitrogens with one attached hydrogen (secondary N) is 1. The molecule has 208 valence electrons. The summed E-state index contributed by atoms with van der Waals surface area (Å²) in [7, 11) is 1.11. The molecule has 0 bridgehead atoms. The molecule has 4 rings (SSSR count). The first kappa shape index (κ1) is 27.9. The predicted molar refractivity (Wildman–Crippen MR) is 123 cm³/mol. The largest absolute Gasteiger partial charge is 0.465 e. The van der Waals surface area contributed by atoms with Crippen LogP contribution in [0.15, 0.2) is 42.5 Å². The first-order valence-electron chi connectivity index (χ1n) is 11.5. The number of fused-ring (bicyclic) bond motifs is 1. The van der Waals surface area contributed by atoms with E-state index in [2.05, 4.69) is 15.2 Å². The van der Waals surface area contributed by atoms with Crippen molar-refractivity contribution in [1.29, 1.82) is 0 Å². The van der Waals surface area contributed by atoms with Gasteiger partial charge < -0.3 is 15.0 Å². The molecule has 7 nitrogen and oxygen atoms in total. The average molecular weight is 558 g/mol. The second-order valence-electron chi connectivity index (χ2n) is 8.81. The minimum atomic E-state index is -5.03. The smallest absolute Gasteiger partial charge is 0.436 e. The van der Waals surface area contributed by atoms with Crippen molar-refractivity contribution < 1.29 is 45.1 Å². The molecule has 39 heavy (non-hydrogen) atoms. The van der Waals surface area contributed by atoms with Crippen LogP contribution in [0.1, 0.15) is 56.1 Å². The number of aromatic nitrogens is 2. The number of hydrogen-bond donors (Lipinski definition) is 1. The van der Waals surface area contributed by atoms with Crippen molar-refractivity contribution in [2.24, 2.45) is 0 Å². The Labute approximate surface area is 217 Å². The summed E-state index contributed by atoms with van der Waals surface area (Å²) in [6.45, 7) is 1.18. The van der Waals surface area contributed by atoms with E-state index in [0.29, 0.717) is 0 Å². The molecule has 3 aromatic rings. The van der Waals surface area contributed by atoms with Crippen molar-refractivity contribution in [3.05, 3.63) is 81.8 Å². The lowest BCUT2D eigenvalue weighted by molar-refractivity contribution is -0.142. The zero-order chi connectivity index (χ0) is 28.7. The van der Waals surface area contributed by atoms with E-state index in [-0.39, 0.29) is 42.1 Å². The van der Waals surface area contributed by atoms with Crippen molar-refractivity contribution in [3.63, 3.8) is 0 Å². The fourth-order valence-corrected chi connectivity index (χ4v) is 4.35. The summed E-state index contributed by atoms with van der Waals surface area (Å²) in [5, 5.41) is 5.89. The summed E-state index contributed by atoms with van der Waals surface area (Å²) in [6, 6.07) is 6.51. The molecule has 0 saturated carbocycles. The first-order valence-corrected chi connectivity index (χ1v) is 11.5. The van der Waals surface area contributed by atoms with Crippen LogP contribution in [0, 0.1) is 5.82 Å². The number of amides is 1. The third-order valence-electron chi connectivity index (χ3n) is 6.17. The van der Waals surface area contributed by atoms with Gasteiger partial charge in [-0.15, -0.1) is 0 Å². The number of methoxy groups -OCH3 is 1. The van der Waals surface area contributed by atoms with Gasteiger partial charge in [-0.05, 0) is 36.8 Å². The van der Waals surface area contributed by atoms with Crippen molar-refractivity contribution in [2.75, 3.05) is 18.6 Å². The van der Waals surface area contributed by atoms with Crippen molar-refractivity contribution in [2.45, 2.75) is 38.4 Å². The molecule has 1 N–H and O–H groups in total. The van der Waals surface area contributed by atoms with Gasteiger partial charge in [0.2, 0.25) is 0 Å². The van der Waals surface area contributed by atoms with Crippen LogP contribution in [-0.2, 0) is 30.2 Å². The molecule has 2 heterocycles. The molecule has 0 radical (unpaired) electrons. The van der Waals surface area contributed by atoms with Gasteiger partial charge in [0.05, 0.1) is 30.8 Å². The second-order valence-corrected chi connectivity index (χ2v) is 8.81. The number of nitrogens with zero attached hydrogens (tertiary/aromatic N) is 3. The highest BCUT2D eigenvalue weighted by atomic mass is 19.4. The number of rotatable bonds is 6. The van der Waals surface area contributed by atoms with Crippen LogP contribution >= 0.6 is 0 Å². The molecule has 1 aromatic heterocycles. The zero-order valence-corrected chi connectivity index (χ0v) is 20.5. The summed E-state index contributed by atoms with van der Waals surface area (Å²) < 4.78 is 101. The molecule has 1 unspecified atom stereocenters. The van der Waals surface area contributed by atoms with Crippen molar-refractivity contribution in [1.82, 2.24) is 15.1 Å². The molecule has 0 spiro atoms. The molecular formula is C25H21F7N4O3. The van der Waals surface area contributed by atoms with Crippen molar-refractivity contribution >= 4 is 17.7 Å². The molecular weight excluding hydrogens is 537 g/mol. The van der Waals surface area contributed by atoms with E-state index in [1.54, 1.807) is 0 Å². The Morgan fingerprint density at radius 3 is 2.38 bits per heavy atom. The molecule has 1 amide bonds. The monoisotopic (exact) mass is 558 g/mol. The molecule has 0 fully saturated rings. The number of benzene rings is 2. The summed E-state index contributed by atoms with van der Waals surface area (Å²) >= 11 is 0. The average Bonchev–Trinajstić information content (AvgIpc) is 3.43. The van der Waals surface area contributed by atoms with Gasteiger partial charge in [0.15, 0.2) is 5.69 Å². The molecule has 1 aliphatic heterocycles. The standard InChI is InChI=1S/C25H21F7N4O3/c1-13(17-7-6-15(11-18(17)26)23(38)39-2)33-21(37)19-20(25(30,31)32)34-36-9-8-35(22(19)36)12-14-4-3-5-16(10-14)24(27,28)29/h3-7,10-11,13H,8-9,12H2,1-2H3,(H,33,37). The number of hydrogen-bond acceptors (Lipinski definition) is 5. The predicted octanol–water partition coefficient (Wildman–Crippen LogP) is 5.36. The number of halogens is 7. The van der Waals surface area contributed by atoms with E-state index < -0.39 is 52.9 Å². The molecule has 1 aliphatic rings. The van der Waals surface area contributed by atoms with Crippen molar-refractivity contribution in [3.8, 4) is 0 Å². The fourth-order valence-electron chi connectivity index (χ4n) is 4.35. The van der Waals surface area contributed by atoms with Crippen LogP contribution in [0.5, 0.6) is 0 Å². The van der Waals surface area contributed by atoms with E-state index in [9.17, 15) is 40.3 Å². The minimum Gasteiger partial charge on any atom is -0.465 e. The van der Waals surface area contributed by atoms with Crippen LogP contribution < -0.4 is 10.2 Å². The highest BCUT2D eigenvalue weighted by molar-refractivity contribution is 6.01. The number of ether oxygens (including phenoxy) is 1. The maximum absolute atomic E-state index is 14.7. The number of alkyl halides is 6. The molecule has 2 aromatic carbocycles. The van der Waals surface area contributed by atoms with Gasteiger partial charge in [0.25, 0.3) is 5.91 Å². The molecule has 0 aliphatic carbocycles. The van der Waals surface area contributed by atoms with Crippen LogP contribution in [0.25, 0.3) is 0 Å². The van der Waals surface area contributed by atoms with Crippen LogP contribution in [0.4, 0.5) is 36.6 Å². The van der Waals surface area contributed by atoms with Gasteiger partial charge in [-0.25, -0.2) is 13.9 Å². The van der Waals surface area contributed by atoms with Gasteiger partial charge in [0.1, 0.15) is 17.2 Å². The van der Waals surface area contributed by atoms with E-state index in [0.717, 1.165) is 30.0 Å². The Bertz CT molecular complexity index is 1420. The van der Waals surface area contributed by atoms with E-state index in [1.807, 2.05) is 0 Å². The summed E-state index contributed by atoms with van der Waals surface area (Å²) in [5.74, 6) is -3.12. The second kappa shape index (κ2) is 10.2. The summed E-state index contributed by atoms with van der Waals surface area (Å²) in [5.41, 5.74) is -3.26. The van der Waals surface area contributed by atoms with Crippen LogP contribution in [0.3, 0.4) is 0 Å². The van der Waals surface area contributed by atoms with Crippen LogP contribution in [0.2, 0.25) is 0 Å². The summed E-state index contributed by atoms with van der Waals surface area (Å²) in [6.07, 6.45) is -9.64.